The molecule has 118 valence electrons. The van der Waals surface area contributed by atoms with Crippen molar-refractivity contribution in [3.05, 3.63) is 48.5 Å². The van der Waals surface area contributed by atoms with Crippen molar-refractivity contribution < 1.29 is 4.74 Å². The monoisotopic (exact) mass is 300 g/mol. The molecule has 1 aliphatic rings. The summed E-state index contributed by atoms with van der Waals surface area (Å²) in [4.78, 5) is 6.44. The second-order valence-corrected chi connectivity index (χ2v) is 5.93. The summed E-state index contributed by atoms with van der Waals surface area (Å²) >= 11 is 0. The van der Waals surface area contributed by atoms with E-state index in [2.05, 4.69) is 32.7 Å². The van der Waals surface area contributed by atoms with Crippen LogP contribution in [0.1, 0.15) is 18.4 Å². The Morgan fingerprint density at radius 1 is 1.36 bits per heavy atom. The van der Waals surface area contributed by atoms with Crippen LogP contribution >= 0.6 is 0 Å². The van der Waals surface area contributed by atoms with Crippen LogP contribution < -0.4 is 10.5 Å². The zero-order chi connectivity index (χ0) is 15.2. The van der Waals surface area contributed by atoms with Crippen molar-refractivity contribution in [1.29, 1.82) is 0 Å². The fraction of sp³-hybridized carbons (Fsp3) is 0.471. The summed E-state index contributed by atoms with van der Waals surface area (Å²) in [7, 11) is 0. The lowest BCUT2D eigenvalue weighted by Gasteiger charge is -2.16. The Morgan fingerprint density at radius 2 is 2.32 bits per heavy atom. The van der Waals surface area contributed by atoms with Gasteiger partial charge < -0.3 is 15.0 Å². The van der Waals surface area contributed by atoms with E-state index < -0.39 is 0 Å². The van der Waals surface area contributed by atoms with Gasteiger partial charge in [-0.1, -0.05) is 12.1 Å². The largest absolute Gasteiger partial charge is 0.494 e. The average Bonchev–Trinajstić information content (AvgIpc) is 3.16. The van der Waals surface area contributed by atoms with E-state index in [1.54, 1.807) is 6.20 Å². The molecule has 1 aromatic carbocycles. The van der Waals surface area contributed by atoms with E-state index in [0.29, 0.717) is 6.04 Å². The van der Waals surface area contributed by atoms with Gasteiger partial charge in [-0.15, -0.1) is 0 Å². The molecule has 1 aromatic heterocycles. The fourth-order valence-electron chi connectivity index (χ4n) is 2.85. The molecule has 5 nitrogen and oxygen atoms in total. The van der Waals surface area contributed by atoms with Crippen LogP contribution in [0.3, 0.4) is 0 Å². The van der Waals surface area contributed by atoms with Crippen LogP contribution in [-0.2, 0) is 13.1 Å². The number of aryl methyl sites for hydroxylation is 1. The number of nitrogens with zero attached hydrogens (tertiary/aromatic N) is 3. The third-order valence-electron chi connectivity index (χ3n) is 4.00. The van der Waals surface area contributed by atoms with Crippen LogP contribution in [0.25, 0.3) is 0 Å². The quantitative estimate of drug-likeness (QED) is 0.793. The third kappa shape index (κ3) is 4.32. The molecule has 2 heterocycles. The summed E-state index contributed by atoms with van der Waals surface area (Å²) in [5.41, 5.74) is 7.25. The summed E-state index contributed by atoms with van der Waals surface area (Å²) < 4.78 is 7.92. The molecule has 0 spiro atoms. The molecule has 5 heteroatoms. The van der Waals surface area contributed by atoms with Gasteiger partial charge in [0, 0.05) is 44.6 Å². The molecule has 0 unspecified atom stereocenters. The van der Waals surface area contributed by atoms with Gasteiger partial charge in [-0.2, -0.15) is 0 Å². The Morgan fingerprint density at radius 3 is 3.09 bits per heavy atom. The predicted octanol–water partition coefficient (Wildman–Crippen LogP) is 1.89. The summed E-state index contributed by atoms with van der Waals surface area (Å²) in [5.74, 6) is 0.951. The van der Waals surface area contributed by atoms with Crippen LogP contribution in [0.5, 0.6) is 5.75 Å². The minimum Gasteiger partial charge on any atom is -0.494 e. The molecule has 3 rings (SSSR count). The Bertz CT molecular complexity index is 570. The van der Waals surface area contributed by atoms with Crippen molar-refractivity contribution in [3.8, 4) is 5.75 Å². The maximum absolute atomic E-state index is 5.96. The van der Waals surface area contributed by atoms with E-state index >= 15 is 0 Å². The lowest BCUT2D eigenvalue weighted by molar-refractivity contribution is 0.299. The molecule has 1 saturated heterocycles. The number of likely N-dealkylation sites (tertiary alicyclic amines) is 1. The molecule has 1 fully saturated rings. The number of imidazole rings is 1. The van der Waals surface area contributed by atoms with Gasteiger partial charge in [-0.05, 0) is 30.5 Å². The standard InChI is InChI=1S/C17H24N4O/c18-16-5-8-21(13-16)12-15-3-1-4-17(11-15)22-10-2-7-20-9-6-19-14-20/h1,3-4,6,9,11,14,16H,2,5,7-8,10,12-13,18H2/t16-/m0/s1. The van der Waals surface area contributed by atoms with Crippen molar-refractivity contribution >= 4 is 0 Å². The SMILES string of the molecule is N[C@H]1CCN(Cc2cccc(OCCCn3ccnc3)c2)C1. The predicted molar refractivity (Wildman–Crippen MR) is 86.7 cm³/mol. The van der Waals surface area contributed by atoms with Crippen molar-refractivity contribution in [2.24, 2.45) is 5.73 Å². The van der Waals surface area contributed by atoms with Crippen LogP contribution in [0.2, 0.25) is 0 Å². The van der Waals surface area contributed by atoms with Crippen LogP contribution in [-0.4, -0.2) is 40.2 Å². The Labute approximate surface area is 131 Å². The van der Waals surface area contributed by atoms with Gasteiger partial charge in [0.2, 0.25) is 0 Å². The summed E-state index contributed by atoms with van der Waals surface area (Å²) in [6, 6.07) is 8.72. The number of rotatable bonds is 7. The molecule has 0 saturated carbocycles. The molecular weight excluding hydrogens is 276 g/mol. The molecule has 0 bridgehead atoms. The van der Waals surface area contributed by atoms with E-state index in [-0.39, 0.29) is 0 Å². The first-order chi connectivity index (χ1) is 10.8. The van der Waals surface area contributed by atoms with E-state index in [9.17, 15) is 0 Å². The van der Waals surface area contributed by atoms with Gasteiger partial charge in [0.1, 0.15) is 5.75 Å². The number of hydrogen-bond donors (Lipinski definition) is 1. The molecule has 1 aliphatic heterocycles. The summed E-state index contributed by atoms with van der Waals surface area (Å²) in [6.07, 6.45) is 7.68. The number of benzene rings is 1. The molecule has 22 heavy (non-hydrogen) atoms. The highest BCUT2D eigenvalue weighted by Gasteiger charge is 2.18. The molecular formula is C17H24N4O. The first-order valence-corrected chi connectivity index (χ1v) is 7.95. The second-order valence-electron chi connectivity index (χ2n) is 5.93. The number of hydrogen-bond acceptors (Lipinski definition) is 4. The molecule has 2 N–H and O–H groups in total. The van der Waals surface area contributed by atoms with Crippen molar-refractivity contribution in [3.63, 3.8) is 0 Å². The lowest BCUT2D eigenvalue weighted by Crippen LogP contribution is -2.26. The second kappa shape index (κ2) is 7.42. The van der Waals surface area contributed by atoms with Gasteiger partial charge in [0.05, 0.1) is 12.9 Å². The Hall–Kier alpha value is -1.85. The van der Waals surface area contributed by atoms with Crippen LogP contribution in [0.4, 0.5) is 0 Å². The molecule has 0 amide bonds. The van der Waals surface area contributed by atoms with Gasteiger partial charge >= 0.3 is 0 Å². The zero-order valence-electron chi connectivity index (χ0n) is 12.9. The minimum atomic E-state index is 0.336. The maximum Gasteiger partial charge on any atom is 0.119 e. The van der Waals surface area contributed by atoms with Gasteiger partial charge in [0.25, 0.3) is 0 Å². The van der Waals surface area contributed by atoms with E-state index in [1.807, 2.05) is 18.6 Å². The first kappa shape index (κ1) is 15.1. The van der Waals surface area contributed by atoms with Crippen molar-refractivity contribution in [2.45, 2.75) is 32.0 Å². The van der Waals surface area contributed by atoms with Crippen molar-refractivity contribution in [1.82, 2.24) is 14.5 Å². The van der Waals surface area contributed by atoms with Gasteiger partial charge in [-0.25, -0.2) is 4.98 Å². The molecule has 2 aromatic rings. The third-order valence-corrected chi connectivity index (χ3v) is 4.00. The number of ether oxygens (including phenoxy) is 1. The smallest absolute Gasteiger partial charge is 0.119 e. The van der Waals surface area contributed by atoms with Gasteiger partial charge in [-0.3, -0.25) is 4.90 Å². The molecule has 0 aliphatic carbocycles. The molecule has 1 atom stereocenters. The van der Waals surface area contributed by atoms with Crippen LogP contribution in [0, 0.1) is 0 Å². The highest BCUT2D eigenvalue weighted by atomic mass is 16.5. The van der Waals surface area contributed by atoms with Crippen LogP contribution in [0.15, 0.2) is 43.0 Å². The normalized spacial score (nSPS) is 18.7. The average molecular weight is 300 g/mol. The topological polar surface area (TPSA) is 56.3 Å². The Kier molecular flexibility index (Phi) is 5.08. The summed E-state index contributed by atoms with van der Waals surface area (Å²) in [5, 5.41) is 0. The lowest BCUT2D eigenvalue weighted by atomic mass is 10.2. The van der Waals surface area contributed by atoms with E-state index in [1.165, 1.54) is 5.56 Å². The van der Waals surface area contributed by atoms with E-state index in [4.69, 9.17) is 10.5 Å². The van der Waals surface area contributed by atoms with E-state index in [0.717, 1.165) is 51.4 Å². The zero-order valence-corrected chi connectivity index (χ0v) is 12.9. The maximum atomic E-state index is 5.96. The minimum absolute atomic E-state index is 0.336. The molecule has 0 radical (unpaired) electrons. The highest BCUT2D eigenvalue weighted by Crippen LogP contribution is 2.17. The van der Waals surface area contributed by atoms with Gasteiger partial charge in [0.15, 0.2) is 0 Å². The highest BCUT2D eigenvalue weighted by molar-refractivity contribution is 5.28. The number of aromatic nitrogens is 2. The summed E-state index contributed by atoms with van der Waals surface area (Å²) in [6.45, 7) is 4.70. The fourth-order valence-corrected chi connectivity index (χ4v) is 2.85. The van der Waals surface area contributed by atoms with Crippen molar-refractivity contribution in [2.75, 3.05) is 19.7 Å². The first-order valence-electron chi connectivity index (χ1n) is 7.95. The number of nitrogens with two attached hydrogens (primary N) is 1. The Balaban J connectivity index is 1.44.